The van der Waals surface area contributed by atoms with Crippen molar-refractivity contribution in [3.63, 3.8) is 0 Å². The molecule has 5 heterocycles. The number of rotatable bonds is 6. The van der Waals surface area contributed by atoms with E-state index in [-0.39, 0.29) is 17.3 Å². The summed E-state index contributed by atoms with van der Waals surface area (Å²) >= 11 is 1.71. The Labute approximate surface area is 184 Å². The van der Waals surface area contributed by atoms with Crippen LogP contribution in [0.1, 0.15) is 58.3 Å². The van der Waals surface area contributed by atoms with E-state index in [0.29, 0.717) is 30.2 Å². The van der Waals surface area contributed by atoms with Crippen molar-refractivity contribution in [1.29, 1.82) is 0 Å². The van der Waals surface area contributed by atoms with Gasteiger partial charge in [-0.05, 0) is 48.1 Å². The SMILES string of the molecule is CCCCC(=O)c1c(N2CCc3ccsc3C2)oc(C=C2C=Nc3ncccc32)c1O. The van der Waals surface area contributed by atoms with Gasteiger partial charge in [0.25, 0.3) is 0 Å². The average molecular weight is 434 g/mol. The van der Waals surface area contributed by atoms with Gasteiger partial charge >= 0.3 is 0 Å². The number of hydrogen-bond donors (Lipinski definition) is 1. The first-order valence-electron chi connectivity index (χ1n) is 10.6. The molecule has 0 aliphatic carbocycles. The van der Waals surface area contributed by atoms with E-state index in [1.165, 1.54) is 10.4 Å². The molecule has 0 amide bonds. The van der Waals surface area contributed by atoms with Gasteiger partial charge in [0.15, 0.2) is 23.1 Å². The highest BCUT2D eigenvalue weighted by Crippen LogP contribution is 2.42. The molecule has 7 heteroatoms. The van der Waals surface area contributed by atoms with Gasteiger partial charge in [-0.1, -0.05) is 13.3 Å². The Balaban J connectivity index is 1.55. The number of Topliss-reactive ketones (excluding diaryl/α,β-unsaturated/α-hetero) is 1. The molecule has 0 spiro atoms. The number of allylic oxidation sites excluding steroid dienone is 1. The van der Waals surface area contributed by atoms with Gasteiger partial charge < -0.3 is 14.4 Å². The molecule has 5 rings (SSSR count). The van der Waals surface area contributed by atoms with Crippen molar-refractivity contribution >= 4 is 46.7 Å². The number of nitrogens with zero attached hydrogens (tertiary/aromatic N) is 3. The lowest BCUT2D eigenvalue weighted by Gasteiger charge is -2.27. The number of ketones is 1. The molecule has 31 heavy (non-hydrogen) atoms. The highest BCUT2D eigenvalue weighted by molar-refractivity contribution is 7.10. The van der Waals surface area contributed by atoms with Crippen molar-refractivity contribution in [1.82, 2.24) is 4.98 Å². The van der Waals surface area contributed by atoms with Gasteiger partial charge in [-0.3, -0.25) is 4.79 Å². The van der Waals surface area contributed by atoms with E-state index in [2.05, 4.69) is 26.3 Å². The molecule has 6 nitrogen and oxygen atoms in total. The molecule has 0 fully saturated rings. The van der Waals surface area contributed by atoms with Gasteiger partial charge in [0.2, 0.25) is 5.88 Å². The van der Waals surface area contributed by atoms with Crippen LogP contribution in [-0.2, 0) is 13.0 Å². The lowest BCUT2D eigenvalue weighted by molar-refractivity contribution is 0.0977. The monoisotopic (exact) mass is 433 g/mol. The summed E-state index contributed by atoms with van der Waals surface area (Å²) in [6.07, 6.45) is 8.12. The van der Waals surface area contributed by atoms with Crippen LogP contribution in [0.25, 0.3) is 11.6 Å². The molecular weight excluding hydrogens is 410 g/mol. The van der Waals surface area contributed by atoms with Crippen LogP contribution in [0.3, 0.4) is 0 Å². The first-order chi connectivity index (χ1) is 15.2. The lowest BCUT2D eigenvalue weighted by atomic mass is 10.0. The molecule has 2 aliphatic rings. The zero-order valence-corrected chi connectivity index (χ0v) is 18.1. The number of aromatic nitrogens is 1. The van der Waals surface area contributed by atoms with Crippen LogP contribution in [0.5, 0.6) is 5.75 Å². The Kier molecular flexibility index (Phi) is 5.19. The minimum atomic E-state index is -0.0914. The maximum Gasteiger partial charge on any atom is 0.211 e. The smallest absolute Gasteiger partial charge is 0.211 e. The molecule has 0 bridgehead atoms. The molecule has 3 aromatic heterocycles. The average Bonchev–Trinajstić information content (AvgIpc) is 3.50. The van der Waals surface area contributed by atoms with Crippen molar-refractivity contribution in [3.05, 3.63) is 57.1 Å². The third-order valence-corrected chi connectivity index (χ3v) is 6.70. The number of carbonyl (C=O) groups is 1. The first-order valence-corrected chi connectivity index (χ1v) is 11.4. The maximum absolute atomic E-state index is 13.0. The minimum Gasteiger partial charge on any atom is -0.504 e. The number of furan rings is 1. The number of aliphatic imine (C=N–C) groups is 1. The molecule has 0 unspecified atom stereocenters. The van der Waals surface area contributed by atoms with Crippen LogP contribution in [0.4, 0.5) is 11.7 Å². The highest BCUT2D eigenvalue weighted by Gasteiger charge is 2.30. The summed E-state index contributed by atoms with van der Waals surface area (Å²) in [5, 5.41) is 13.1. The Bertz CT molecular complexity index is 1200. The van der Waals surface area contributed by atoms with Gasteiger partial charge in [-0.15, -0.1) is 11.3 Å². The van der Waals surface area contributed by atoms with Gasteiger partial charge in [-0.25, -0.2) is 9.98 Å². The summed E-state index contributed by atoms with van der Waals surface area (Å²) < 4.78 is 6.16. The van der Waals surface area contributed by atoms with E-state index in [1.807, 2.05) is 19.1 Å². The third kappa shape index (κ3) is 3.59. The summed E-state index contributed by atoms with van der Waals surface area (Å²) in [5.41, 5.74) is 3.32. The number of carbonyl (C=O) groups excluding carboxylic acids is 1. The normalized spacial score (nSPS) is 16.0. The second kappa shape index (κ2) is 8.15. The number of thiophene rings is 1. The number of unbranched alkanes of at least 4 members (excludes halogenated alkanes) is 1. The molecular formula is C24H23N3O3S. The second-order valence-electron chi connectivity index (χ2n) is 7.79. The predicted molar refractivity (Wildman–Crippen MR) is 124 cm³/mol. The van der Waals surface area contributed by atoms with Crippen LogP contribution in [0.15, 0.2) is 39.2 Å². The number of pyridine rings is 1. The first kappa shape index (κ1) is 19.8. The zero-order valence-electron chi connectivity index (χ0n) is 17.3. The van der Waals surface area contributed by atoms with E-state index in [9.17, 15) is 9.90 Å². The van der Waals surface area contributed by atoms with Gasteiger partial charge in [0, 0.05) is 41.4 Å². The van der Waals surface area contributed by atoms with Crippen LogP contribution in [0, 0.1) is 0 Å². The van der Waals surface area contributed by atoms with Crippen molar-refractivity contribution in [2.45, 2.75) is 39.2 Å². The fraction of sp³-hybridized carbons (Fsp3) is 0.292. The van der Waals surface area contributed by atoms with Crippen LogP contribution < -0.4 is 4.90 Å². The van der Waals surface area contributed by atoms with Crippen LogP contribution in [-0.4, -0.2) is 28.6 Å². The summed E-state index contributed by atoms with van der Waals surface area (Å²) in [6.45, 7) is 3.47. The van der Waals surface area contributed by atoms with Crippen molar-refractivity contribution in [2.75, 3.05) is 11.4 Å². The molecule has 0 radical (unpaired) electrons. The van der Waals surface area contributed by atoms with Crippen molar-refractivity contribution in [2.24, 2.45) is 4.99 Å². The molecule has 3 aromatic rings. The molecule has 2 aliphatic heterocycles. The Hall–Kier alpha value is -3.19. The molecule has 0 saturated carbocycles. The number of aromatic hydroxyl groups is 1. The second-order valence-corrected chi connectivity index (χ2v) is 8.80. The van der Waals surface area contributed by atoms with Crippen molar-refractivity contribution < 1.29 is 14.3 Å². The van der Waals surface area contributed by atoms with Gasteiger partial charge in [0.1, 0.15) is 5.56 Å². The van der Waals surface area contributed by atoms with Gasteiger partial charge in [0.05, 0.1) is 6.54 Å². The largest absolute Gasteiger partial charge is 0.504 e. The van der Waals surface area contributed by atoms with E-state index < -0.39 is 0 Å². The molecule has 0 atom stereocenters. The van der Waals surface area contributed by atoms with E-state index >= 15 is 0 Å². The van der Waals surface area contributed by atoms with Crippen LogP contribution >= 0.6 is 11.3 Å². The minimum absolute atomic E-state index is 0.0816. The number of fused-ring (bicyclic) bond motifs is 2. The molecule has 0 saturated heterocycles. The fourth-order valence-electron chi connectivity index (χ4n) is 4.05. The summed E-state index contributed by atoms with van der Waals surface area (Å²) in [4.78, 5) is 24.9. The molecule has 0 aromatic carbocycles. The summed E-state index contributed by atoms with van der Waals surface area (Å²) in [6, 6.07) is 5.93. The predicted octanol–water partition coefficient (Wildman–Crippen LogP) is 5.63. The van der Waals surface area contributed by atoms with E-state index in [0.717, 1.165) is 36.9 Å². The number of anilines is 1. The lowest BCUT2D eigenvalue weighted by Crippen LogP contribution is -2.30. The fourth-order valence-corrected chi connectivity index (χ4v) is 5.00. The van der Waals surface area contributed by atoms with E-state index in [1.54, 1.807) is 29.8 Å². The molecule has 158 valence electrons. The Morgan fingerprint density at radius 2 is 2.29 bits per heavy atom. The zero-order chi connectivity index (χ0) is 21.4. The highest BCUT2D eigenvalue weighted by atomic mass is 32.1. The van der Waals surface area contributed by atoms with Crippen LogP contribution in [0.2, 0.25) is 0 Å². The van der Waals surface area contributed by atoms with Gasteiger partial charge in [-0.2, -0.15) is 0 Å². The standard InChI is InChI=1S/C24H23N3O3S/c1-2-3-6-18(28)21-22(29)19(12-16-13-26-23-17(16)5-4-9-25-23)30-24(21)27-10-7-15-8-11-31-20(15)14-27/h4-5,8-9,11-13,29H,2-3,6-7,10,14H2,1H3. The quantitative estimate of drug-likeness (QED) is 0.510. The maximum atomic E-state index is 13.0. The topological polar surface area (TPSA) is 78.9 Å². The van der Waals surface area contributed by atoms with E-state index in [4.69, 9.17) is 4.42 Å². The number of hydrogen-bond acceptors (Lipinski definition) is 7. The summed E-state index contributed by atoms with van der Waals surface area (Å²) in [7, 11) is 0. The third-order valence-electron chi connectivity index (χ3n) is 5.75. The Morgan fingerprint density at radius 1 is 1.39 bits per heavy atom. The summed E-state index contributed by atoms with van der Waals surface area (Å²) in [5.74, 6) is 1.21. The Morgan fingerprint density at radius 3 is 3.16 bits per heavy atom. The van der Waals surface area contributed by atoms with Crippen molar-refractivity contribution in [3.8, 4) is 5.75 Å². The molecule has 1 N–H and O–H groups in total.